The largest absolute Gasteiger partial charge is 0.286 e. The Morgan fingerprint density at radius 3 is 1.94 bits per heavy atom. The van der Waals surface area contributed by atoms with Crippen LogP contribution in [0, 0.1) is 0 Å². The Morgan fingerprint density at radius 1 is 0.778 bits per heavy atom. The molecule has 0 N–H and O–H groups in total. The van der Waals surface area contributed by atoms with Gasteiger partial charge in [-0.2, -0.15) is 0 Å². The van der Waals surface area contributed by atoms with Gasteiger partial charge in [0, 0.05) is 5.56 Å². The van der Waals surface area contributed by atoms with Gasteiger partial charge in [-0.25, -0.2) is 0 Å². The molecule has 0 aliphatic heterocycles. The molecule has 0 aliphatic rings. The average molecular weight is 236 g/mol. The summed E-state index contributed by atoms with van der Waals surface area (Å²) in [5.41, 5.74) is 1.31. The highest BCUT2D eigenvalue weighted by atomic mass is 16.2. The summed E-state index contributed by atoms with van der Waals surface area (Å²) >= 11 is 0. The molecule has 0 atom stereocenters. The molecule has 0 radical (unpaired) electrons. The van der Waals surface area contributed by atoms with Crippen molar-refractivity contribution in [2.24, 2.45) is 0 Å². The Bertz CT molecular complexity index is 569. The normalized spacial score (nSPS) is 10.4. The smallest absolute Gasteiger partial charge is 0.232 e. The van der Waals surface area contributed by atoms with Crippen LogP contribution in [0.5, 0.6) is 0 Å². The van der Waals surface area contributed by atoms with Crippen molar-refractivity contribution in [1.29, 1.82) is 0 Å². The van der Waals surface area contributed by atoms with Gasteiger partial charge in [0.15, 0.2) is 0 Å². The second-order valence-electron chi connectivity index (χ2n) is 3.80. The van der Waals surface area contributed by atoms with Crippen molar-refractivity contribution in [3.8, 4) is 0 Å². The van der Waals surface area contributed by atoms with E-state index < -0.39 is 11.6 Å². The van der Waals surface area contributed by atoms with Crippen molar-refractivity contribution in [2.45, 2.75) is 0 Å². The number of rotatable bonds is 4. The van der Waals surface area contributed by atoms with Crippen molar-refractivity contribution in [3.05, 3.63) is 77.9 Å². The van der Waals surface area contributed by atoms with Gasteiger partial charge in [0.05, 0.1) is 0 Å². The van der Waals surface area contributed by atoms with E-state index in [0.29, 0.717) is 5.56 Å². The van der Waals surface area contributed by atoms with E-state index in [1.54, 1.807) is 36.4 Å². The van der Waals surface area contributed by atoms with Crippen LogP contribution in [0.2, 0.25) is 0 Å². The summed E-state index contributed by atoms with van der Waals surface area (Å²) in [7, 11) is 0. The van der Waals surface area contributed by atoms with Crippen LogP contribution in [-0.4, -0.2) is 11.6 Å². The third-order valence-corrected chi connectivity index (χ3v) is 2.49. The van der Waals surface area contributed by atoms with E-state index in [1.165, 1.54) is 6.08 Å². The molecule has 2 rings (SSSR count). The van der Waals surface area contributed by atoms with Crippen molar-refractivity contribution < 1.29 is 9.59 Å². The summed E-state index contributed by atoms with van der Waals surface area (Å²) in [6, 6.07) is 17.9. The zero-order valence-electron chi connectivity index (χ0n) is 9.74. The maximum Gasteiger partial charge on any atom is 0.232 e. The maximum absolute atomic E-state index is 11.8. The molecule has 0 spiro atoms. The molecular formula is C16H12O2. The lowest BCUT2D eigenvalue weighted by atomic mass is 10.1. The number of Topliss-reactive ketones (excluding diaryl/α,β-unsaturated/α-hetero) is 1. The molecule has 0 amide bonds. The lowest BCUT2D eigenvalue weighted by molar-refractivity contribution is -0.110. The second-order valence-corrected chi connectivity index (χ2v) is 3.80. The SMILES string of the molecule is O=C(C=Cc1ccccc1)C(=O)c1ccccc1. The van der Waals surface area contributed by atoms with Gasteiger partial charge in [-0.3, -0.25) is 9.59 Å². The number of carbonyl (C=O) groups is 2. The molecular weight excluding hydrogens is 224 g/mol. The van der Waals surface area contributed by atoms with Crippen molar-refractivity contribution >= 4 is 17.6 Å². The molecule has 0 aliphatic carbocycles. The van der Waals surface area contributed by atoms with Crippen LogP contribution in [0.15, 0.2) is 66.7 Å². The first-order valence-electron chi connectivity index (χ1n) is 5.64. The van der Waals surface area contributed by atoms with Crippen LogP contribution in [0.1, 0.15) is 15.9 Å². The van der Waals surface area contributed by atoms with Gasteiger partial charge in [0.2, 0.25) is 11.6 Å². The summed E-state index contributed by atoms with van der Waals surface area (Å²) in [6.07, 6.45) is 2.95. The summed E-state index contributed by atoms with van der Waals surface area (Å²) in [5, 5.41) is 0. The quantitative estimate of drug-likeness (QED) is 0.464. The van der Waals surface area contributed by atoms with Crippen LogP contribution in [0.25, 0.3) is 6.08 Å². The van der Waals surface area contributed by atoms with Crippen LogP contribution in [-0.2, 0) is 4.79 Å². The minimum atomic E-state index is -0.509. The number of allylic oxidation sites excluding steroid dienone is 1. The molecule has 2 aromatic rings. The highest BCUT2D eigenvalue weighted by Gasteiger charge is 2.11. The molecule has 0 aromatic heterocycles. The van der Waals surface area contributed by atoms with E-state index in [0.717, 1.165) is 5.56 Å². The van der Waals surface area contributed by atoms with Crippen molar-refractivity contribution in [1.82, 2.24) is 0 Å². The number of ketones is 2. The molecule has 0 unspecified atom stereocenters. The molecule has 0 bridgehead atoms. The van der Waals surface area contributed by atoms with E-state index in [-0.39, 0.29) is 0 Å². The minimum Gasteiger partial charge on any atom is -0.286 e. The van der Waals surface area contributed by atoms with E-state index in [4.69, 9.17) is 0 Å². The highest BCUT2D eigenvalue weighted by molar-refractivity contribution is 6.48. The Balaban J connectivity index is 2.09. The third-order valence-electron chi connectivity index (χ3n) is 2.49. The Labute approximate surface area is 106 Å². The molecule has 2 heteroatoms. The molecule has 0 fully saturated rings. The topological polar surface area (TPSA) is 34.1 Å². The molecule has 0 saturated carbocycles. The van der Waals surface area contributed by atoms with E-state index >= 15 is 0 Å². The second kappa shape index (κ2) is 5.73. The molecule has 2 nitrogen and oxygen atoms in total. The fourth-order valence-corrected chi connectivity index (χ4v) is 1.54. The van der Waals surface area contributed by atoms with Crippen molar-refractivity contribution in [2.75, 3.05) is 0 Å². The fraction of sp³-hybridized carbons (Fsp3) is 0. The number of hydrogen-bond acceptors (Lipinski definition) is 2. The van der Waals surface area contributed by atoms with Crippen LogP contribution < -0.4 is 0 Å². The predicted molar refractivity (Wildman–Crippen MR) is 71.3 cm³/mol. The van der Waals surface area contributed by atoms with E-state index in [9.17, 15) is 9.59 Å². The van der Waals surface area contributed by atoms with E-state index in [2.05, 4.69) is 0 Å². The Kier molecular flexibility index (Phi) is 3.82. The number of carbonyl (C=O) groups excluding carboxylic acids is 2. The number of benzene rings is 2. The van der Waals surface area contributed by atoms with Gasteiger partial charge < -0.3 is 0 Å². The first-order chi connectivity index (χ1) is 8.77. The highest BCUT2D eigenvalue weighted by Crippen LogP contribution is 2.04. The Hall–Kier alpha value is -2.48. The fourth-order valence-electron chi connectivity index (χ4n) is 1.54. The van der Waals surface area contributed by atoms with Gasteiger partial charge in [-0.15, -0.1) is 0 Å². The molecule has 18 heavy (non-hydrogen) atoms. The van der Waals surface area contributed by atoms with Crippen molar-refractivity contribution in [3.63, 3.8) is 0 Å². The zero-order chi connectivity index (χ0) is 12.8. The Morgan fingerprint density at radius 2 is 1.33 bits per heavy atom. The van der Waals surface area contributed by atoms with Gasteiger partial charge in [-0.05, 0) is 11.6 Å². The molecule has 88 valence electrons. The lowest BCUT2D eigenvalue weighted by Crippen LogP contribution is -2.10. The van der Waals surface area contributed by atoms with Gasteiger partial charge >= 0.3 is 0 Å². The average Bonchev–Trinajstić information content (AvgIpc) is 2.46. The standard InChI is InChI=1S/C16H12O2/c17-15(12-11-13-7-3-1-4-8-13)16(18)14-9-5-2-6-10-14/h1-12H. The van der Waals surface area contributed by atoms with Gasteiger partial charge in [-0.1, -0.05) is 66.7 Å². The molecule has 2 aromatic carbocycles. The first-order valence-corrected chi connectivity index (χ1v) is 5.64. The summed E-state index contributed by atoms with van der Waals surface area (Å²) in [6.45, 7) is 0. The van der Waals surface area contributed by atoms with Crippen LogP contribution in [0.3, 0.4) is 0 Å². The maximum atomic E-state index is 11.8. The summed E-state index contributed by atoms with van der Waals surface area (Å²) < 4.78 is 0. The van der Waals surface area contributed by atoms with Gasteiger partial charge in [0.1, 0.15) is 0 Å². The predicted octanol–water partition coefficient (Wildman–Crippen LogP) is 3.15. The van der Waals surface area contributed by atoms with Gasteiger partial charge in [0.25, 0.3) is 0 Å². The van der Waals surface area contributed by atoms with E-state index in [1.807, 2.05) is 30.3 Å². The third kappa shape index (κ3) is 3.01. The number of hydrogen-bond donors (Lipinski definition) is 0. The summed E-state index contributed by atoms with van der Waals surface area (Å²) in [5.74, 6) is -0.993. The first kappa shape index (κ1) is 12.0. The monoisotopic (exact) mass is 236 g/mol. The lowest BCUT2D eigenvalue weighted by Gasteiger charge is -1.95. The van der Waals surface area contributed by atoms with Crippen LogP contribution in [0.4, 0.5) is 0 Å². The minimum absolute atomic E-state index is 0.417. The summed E-state index contributed by atoms with van der Waals surface area (Å²) in [4.78, 5) is 23.4. The zero-order valence-corrected chi connectivity index (χ0v) is 9.74. The molecule has 0 heterocycles. The molecule has 0 saturated heterocycles. The van der Waals surface area contributed by atoms with Crippen LogP contribution >= 0.6 is 0 Å².